The van der Waals surface area contributed by atoms with Crippen molar-refractivity contribution in [3.8, 4) is 0 Å². The van der Waals surface area contributed by atoms with Crippen LogP contribution in [0.3, 0.4) is 0 Å². The van der Waals surface area contributed by atoms with Crippen molar-refractivity contribution in [1.82, 2.24) is 0 Å². The molecule has 0 heterocycles. The molecule has 1 aromatic rings. The van der Waals surface area contributed by atoms with Crippen molar-refractivity contribution in [2.24, 2.45) is 5.73 Å². The quantitative estimate of drug-likeness (QED) is 0.682. The molecule has 0 unspecified atom stereocenters. The molecule has 0 saturated heterocycles. The van der Waals surface area contributed by atoms with Gasteiger partial charge >= 0.3 is 18.9 Å². The molecule has 0 spiro atoms. The third-order valence-corrected chi connectivity index (χ3v) is 2.04. The maximum absolute atomic E-state index is 5.99. The molecule has 0 fully saturated rings. The fraction of sp³-hybridized carbons (Fsp3) is 0.400. The van der Waals surface area contributed by atoms with Gasteiger partial charge in [0.1, 0.15) is 0 Å². The van der Waals surface area contributed by atoms with Crippen LogP contribution in [0.2, 0.25) is 5.02 Å². The van der Waals surface area contributed by atoms with E-state index in [0.29, 0.717) is 12.6 Å². The van der Waals surface area contributed by atoms with Crippen LogP contribution in [-0.2, 0) is 6.54 Å². The first-order valence-electron chi connectivity index (χ1n) is 4.38. The first-order chi connectivity index (χ1) is 6.13. The molecule has 77 valence electrons. The molecule has 0 aliphatic heterocycles. The molecule has 1 aromatic carbocycles. The number of hydrogen-bond acceptors (Lipinski definition) is 2. The molecule has 3 N–H and O–H groups in total. The van der Waals surface area contributed by atoms with E-state index in [1.807, 2.05) is 18.2 Å². The predicted octanol–water partition coefficient (Wildman–Crippen LogP) is -0.645. The first kappa shape index (κ1) is 17.8. The van der Waals surface area contributed by atoms with Gasteiger partial charge in [0.25, 0.3) is 0 Å². The Morgan fingerprint density at radius 3 is 2.53 bits per heavy atom. The number of benzene rings is 1. The summed E-state index contributed by atoms with van der Waals surface area (Å²) in [6, 6.07) is 6.18. The maximum Gasteiger partial charge on any atom is 1.00 e. The Hall–Kier alpha value is 0.400. The zero-order chi connectivity index (χ0) is 9.84. The third-order valence-electron chi connectivity index (χ3n) is 1.71. The van der Waals surface area contributed by atoms with E-state index >= 15 is 0 Å². The number of rotatable bonds is 3. The third kappa shape index (κ3) is 5.88. The van der Waals surface area contributed by atoms with Crippen molar-refractivity contribution in [2.45, 2.75) is 26.4 Å². The van der Waals surface area contributed by atoms with Gasteiger partial charge in [0.2, 0.25) is 0 Å². The number of hydrogen-bond donors (Lipinski definition) is 2. The number of anilines is 1. The molecule has 0 aliphatic carbocycles. The Bertz CT molecular complexity index is 300. The topological polar surface area (TPSA) is 38.0 Å². The van der Waals surface area contributed by atoms with Crippen LogP contribution >= 0.6 is 11.6 Å². The summed E-state index contributed by atoms with van der Waals surface area (Å²) in [5.41, 5.74) is 7.58. The SMILES string of the molecule is CC(C)Nc1cc(CN)ccc1Cl.[Al].[H-].[Li+]. The van der Waals surface area contributed by atoms with Gasteiger partial charge in [0.05, 0.1) is 10.7 Å². The van der Waals surface area contributed by atoms with E-state index in [2.05, 4.69) is 19.2 Å². The molecule has 0 amide bonds. The summed E-state index contributed by atoms with van der Waals surface area (Å²) in [7, 11) is 0. The molecule has 0 bridgehead atoms. The van der Waals surface area contributed by atoms with Gasteiger partial charge in [-0.15, -0.1) is 0 Å². The van der Waals surface area contributed by atoms with Gasteiger partial charge in [-0.25, -0.2) is 0 Å². The Morgan fingerprint density at radius 2 is 2.07 bits per heavy atom. The normalized spacial score (nSPS) is 9.13. The summed E-state index contributed by atoms with van der Waals surface area (Å²) in [4.78, 5) is 0. The molecule has 5 heteroatoms. The summed E-state index contributed by atoms with van der Waals surface area (Å²) in [5.74, 6) is 0. The first-order valence-corrected chi connectivity index (χ1v) is 4.76. The van der Waals surface area contributed by atoms with Gasteiger partial charge in [0, 0.05) is 29.9 Å². The molecule has 0 atom stereocenters. The number of halogens is 1. The van der Waals surface area contributed by atoms with Gasteiger partial charge in [-0.3, -0.25) is 0 Å². The Balaban J connectivity index is -0.000000563. The van der Waals surface area contributed by atoms with Crippen LogP contribution in [0.4, 0.5) is 5.69 Å². The Labute approximate surface area is 121 Å². The maximum atomic E-state index is 5.99. The van der Waals surface area contributed by atoms with Crippen LogP contribution in [0.5, 0.6) is 0 Å². The summed E-state index contributed by atoms with van der Waals surface area (Å²) < 4.78 is 0. The van der Waals surface area contributed by atoms with Crippen molar-refractivity contribution in [2.75, 3.05) is 5.32 Å². The largest absolute Gasteiger partial charge is 1.00 e. The fourth-order valence-electron chi connectivity index (χ4n) is 1.12. The number of nitrogens with one attached hydrogen (secondary N) is 1. The smallest absolute Gasteiger partial charge is 1.00 e. The molecule has 3 radical (unpaired) electrons. The molecule has 15 heavy (non-hydrogen) atoms. The average Bonchev–Trinajstić information content (AvgIpc) is 2.08. The van der Waals surface area contributed by atoms with Crippen LogP contribution in [0.25, 0.3) is 0 Å². The number of nitrogens with two attached hydrogens (primary N) is 1. The molecule has 0 saturated carbocycles. The Morgan fingerprint density at radius 1 is 1.47 bits per heavy atom. The molecule has 0 aliphatic rings. The van der Waals surface area contributed by atoms with E-state index in [0.717, 1.165) is 16.3 Å². The minimum absolute atomic E-state index is 0. The monoisotopic (exact) mass is 233 g/mol. The van der Waals surface area contributed by atoms with E-state index < -0.39 is 0 Å². The standard InChI is InChI=1S/C10H15ClN2.Al.Li.H/c1-7(2)13-10-5-8(6-12)3-4-9(10)11;;;/h3-5,7,13H,6,12H2,1-2H3;;;/q;;+1;-1. The van der Waals surface area contributed by atoms with Crippen LogP contribution in [0.1, 0.15) is 20.8 Å². The van der Waals surface area contributed by atoms with Gasteiger partial charge in [-0.1, -0.05) is 17.7 Å². The average molecular weight is 234 g/mol. The van der Waals surface area contributed by atoms with Crippen molar-refractivity contribution < 1.29 is 20.3 Å². The van der Waals surface area contributed by atoms with Crippen molar-refractivity contribution in [3.63, 3.8) is 0 Å². The van der Waals surface area contributed by atoms with E-state index in [1.165, 1.54) is 0 Å². The van der Waals surface area contributed by atoms with Crippen molar-refractivity contribution in [1.29, 1.82) is 0 Å². The second-order valence-corrected chi connectivity index (χ2v) is 3.72. The minimum atomic E-state index is 0. The Kier molecular flexibility index (Phi) is 10.1. The van der Waals surface area contributed by atoms with E-state index in [9.17, 15) is 0 Å². The van der Waals surface area contributed by atoms with E-state index in [4.69, 9.17) is 17.3 Å². The summed E-state index contributed by atoms with van der Waals surface area (Å²) in [6.07, 6.45) is 0. The second kappa shape index (κ2) is 8.54. The van der Waals surface area contributed by atoms with Crippen molar-refractivity contribution >= 4 is 34.6 Å². The van der Waals surface area contributed by atoms with Crippen LogP contribution in [0, 0.1) is 0 Å². The summed E-state index contributed by atoms with van der Waals surface area (Å²) in [6.45, 7) is 4.70. The van der Waals surface area contributed by atoms with Crippen molar-refractivity contribution in [3.05, 3.63) is 28.8 Å². The molecular formula is C10H16AlClLiN2. The van der Waals surface area contributed by atoms with Gasteiger partial charge < -0.3 is 12.5 Å². The molecular weight excluding hydrogens is 218 g/mol. The zero-order valence-electron chi connectivity index (χ0n) is 10.5. The van der Waals surface area contributed by atoms with Crippen LogP contribution in [-0.4, -0.2) is 23.4 Å². The predicted molar refractivity (Wildman–Crippen MR) is 65.0 cm³/mol. The minimum Gasteiger partial charge on any atom is -1.00 e. The molecule has 2 nitrogen and oxygen atoms in total. The second-order valence-electron chi connectivity index (χ2n) is 3.32. The molecule has 1 rings (SSSR count). The van der Waals surface area contributed by atoms with Gasteiger partial charge in [0.15, 0.2) is 0 Å². The zero-order valence-corrected chi connectivity index (χ0v) is 11.5. The summed E-state index contributed by atoms with van der Waals surface area (Å²) >= 11 is 5.99. The van der Waals surface area contributed by atoms with Gasteiger partial charge in [-0.2, -0.15) is 0 Å². The fourth-order valence-corrected chi connectivity index (χ4v) is 1.29. The van der Waals surface area contributed by atoms with Gasteiger partial charge in [-0.05, 0) is 31.5 Å². The van der Waals surface area contributed by atoms with Crippen LogP contribution < -0.4 is 29.9 Å². The van der Waals surface area contributed by atoms with E-state index in [1.54, 1.807) is 0 Å². The van der Waals surface area contributed by atoms with Crippen LogP contribution in [0.15, 0.2) is 18.2 Å². The summed E-state index contributed by atoms with van der Waals surface area (Å²) in [5, 5.41) is 4.00. The van der Waals surface area contributed by atoms with E-state index in [-0.39, 0.29) is 37.6 Å². The molecule has 0 aromatic heterocycles.